The third-order valence-electron chi connectivity index (χ3n) is 2.28. The molecule has 0 bridgehead atoms. The molecule has 0 saturated carbocycles. The Bertz CT molecular complexity index is 637. The van der Waals surface area contributed by atoms with Gasteiger partial charge in [-0.2, -0.15) is 5.26 Å². The molecule has 1 rings (SSSR count). The van der Waals surface area contributed by atoms with Crippen LogP contribution in [0.2, 0.25) is 5.02 Å². The predicted octanol–water partition coefficient (Wildman–Crippen LogP) is 1.48. The summed E-state index contributed by atoms with van der Waals surface area (Å²) >= 11 is 5.65. The predicted molar refractivity (Wildman–Crippen MR) is 68.4 cm³/mol. The van der Waals surface area contributed by atoms with Gasteiger partial charge in [0.2, 0.25) is 10.0 Å². The van der Waals surface area contributed by atoms with E-state index < -0.39 is 21.9 Å². The first kappa shape index (κ1) is 15.4. The van der Waals surface area contributed by atoms with Crippen LogP contribution < -0.4 is 4.72 Å². The molecule has 0 aliphatic rings. The summed E-state index contributed by atoms with van der Waals surface area (Å²) in [6, 6.07) is 5.27. The van der Waals surface area contributed by atoms with E-state index in [0.717, 1.165) is 6.07 Å². The smallest absolute Gasteiger partial charge is 0.337 e. The molecule has 8 heteroatoms. The van der Waals surface area contributed by atoms with Gasteiger partial charge in [0.25, 0.3) is 0 Å². The van der Waals surface area contributed by atoms with E-state index in [1.54, 1.807) is 6.92 Å². The zero-order chi connectivity index (χ0) is 14.6. The second-order valence-corrected chi connectivity index (χ2v) is 6.00. The number of hydrogen-bond acceptors (Lipinski definition) is 4. The van der Waals surface area contributed by atoms with E-state index in [0.29, 0.717) is 0 Å². The van der Waals surface area contributed by atoms with Gasteiger partial charge in [-0.25, -0.2) is 17.9 Å². The van der Waals surface area contributed by atoms with E-state index in [1.807, 2.05) is 6.07 Å². The first-order chi connectivity index (χ1) is 8.77. The SMILES string of the molecule is CC(C#N)CNS(=O)(=O)c1ccc(Cl)c(C(=O)O)c1. The molecule has 2 N–H and O–H groups in total. The Kier molecular flexibility index (Phi) is 4.89. The lowest BCUT2D eigenvalue weighted by atomic mass is 10.2. The first-order valence-electron chi connectivity index (χ1n) is 5.20. The molecule has 0 spiro atoms. The lowest BCUT2D eigenvalue weighted by Gasteiger charge is -2.08. The van der Waals surface area contributed by atoms with Gasteiger partial charge in [-0.3, -0.25) is 0 Å². The van der Waals surface area contributed by atoms with Crippen LogP contribution in [0.4, 0.5) is 0 Å². The molecule has 1 unspecified atom stereocenters. The average molecular weight is 303 g/mol. The van der Waals surface area contributed by atoms with Crippen LogP contribution in [0.25, 0.3) is 0 Å². The lowest BCUT2D eigenvalue weighted by molar-refractivity contribution is 0.0697. The van der Waals surface area contributed by atoms with Crippen LogP contribution >= 0.6 is 11.6 Å². The van der Waals surface area contributed by atoms with Gasteiger partial charge in [0.05, 0.1) is 27.5 Å². The molecule has 6 nitrogen and oxygen atoms in total. The van der Waals surface area contributed by atoms with Crippen molar-refractivity contribution in [2.24, 2.45) is 5.92 Å². The third kappa shape index (κ3) is 3.92. The number of carboxylic acid groups (broad SMARTS) is 1. The highest BCUT2D eigenvalue weighted by Gasteiger charge is 2.18. The number of halogens is 1. The van der Waals surface area contributed by atoms with Crippen LogP contribution in [0.5, 0.6) is 0 Å². The van der Waals surface area contributed by atoms with Gasteiger partial charge in [-0.05, 0) is 25.1 Å². The van der Waals surface area contributed by atoms with Crippen LogP contribution in [0.3, 0.4) is 0 Å². The van der Waals surface area contributed by atoms with Gasteiger partial charge in [0.1, 0.15) is 0 Å². The van der Waals surface area contributed by atoms with Gasteiger partial charge in [-0.1, -0.05) is 11.6 Å². The molecule has 0 heterocycles. The number of carboxylic acids is 1. The second-order valence-electron chi connectivity index (χ2n) is 3.83. The number of benzene rings is 1. The highest BCUT2D eigenvalue weighted by atomic mass is 35.5. The largest absolute Gasteiger partial charge is 0.478 e. The van der Waals surface area contributed by atoms with Crippen molar-refractivity contribution >= 4 is 27.6 Å². The molecular weight excluding hydrogens is 292 g/mol. The number of aromatic carboxylic acids is 1. The van der Waals surface area contributed by atoms with E-state index in [1.165, 1.54) is 12.1 Å². The Morgan fingerprint density at radius 3 is 2.74 bits per heavy atom. The fourth-order valence-corrected chi connectivity index (χ4v) is 2.55. The minimum Gasteiger partial charge on any atom is -0.478 e. The normalized spacial score (nSPS) is 12.7. The molecule has 0 amide bonds. The minimum atomic E-state index is -3.86. The van der Waals surface area contributed by atoms with Crippen LogP contribution in [0.15, 0.2) is 23.1 Å². The van der Waals surface area contributed by atoms with Crippen LogP contribution in [0.1, 0.15) is 17.3 Å². The van der Waals surface area contributed by atoms with Gasteiger partial charge < -0.3 is 5.11 Å². The number of carbonyl (C=O) groups is 1. The lowest BCUT2D eigenvalue weighted by Crippen LogP contribution is -2.28. The van der Waals surface area contributed by atoms with Crippen LogP contribution in [-0.2, 0) is 10.0 Å². The number of nitrogens with one attached hydrogen (secondary N) is 1. The summed E-state index contributed by atoms with van der Waals surface area (Å²) in [5.74, 6) is -1.80. The van der Waals surface area contributed by atoms with E-state index >= 15 is 0 Å². The number of nitrogens with zero attached hydrogens (tertiary/aromatic N) is 1. The summed E-state index contributed by atoms with van der Waals surface area (Å²) in [6.07, 6.45) is 0. The van der Waals surface area contributed by atoms with E-state index in [-0.39, 0.29) is 22.0 Å². The van der Waals surface area contributed by atoms with E-state index in [2.05, 4.69) is 4.72 Å². The second kappa shape index (κ2) is 6.02. The number of sulfonamides is 1. The maximum atomic E-state index is 11.9. The van der Waals surface area contributed by atoms with Crippen molar-refractivity contribution in [1.29, 1.82) is 5.26 Å². The van der Waals surface area contributed by atoms with Crippen molar-refractivity contribution in [2.75, 3.05) is 6.54 Å². The summed E-state index contributed by atoms with van der Waals surface area (Å²) in [5.41, 5.74) is -0.294. The van der Waals surface area contributed by atoms with Crippen molar-refractivity contribution in [3.8, 4) is 6.07 Å². The number of nitriles is 1. The maximum Gasteiger partial charge on any atom is 0.337 e. The Balaban J connectivity index is 3.06. The number of rotatable bonds is 5. The fourth-order valence-electron chi connectivity index (χ4n) is 1.20. The van der Waals surface area contributed by atoms with Crippen molar-refractivity contribution in [2.45, 2.75) is 11.8 Å². The van der Waals surface area contributed by atoms with Gasteiger partial charge in [0, 0.05) is 6.54 Å². The van der Waals surface area contributed by atoms with Crippen molar-refractivity contribution in [3.05, 3.63) is 28.8 Å². The Hall–Kier alpha value is -1.62. The Labute approximate surface area is 115 Å². The topological polar surface area (TPSA) is 107 Å². The molecule has 0 aromatic heterocycles. The molecule has 1 aromatic rings. The van der Waals surface area contributed by atoms with Crippen molar-refractivity contribution in [1.82, 2.24) is 4.72 Å². The Morgan fingerprint density at radius 2 is 2.21 bits per heavy atom. The average Bonchev–Trinajstić information content (AvgIpc) is 2.35. The molecule has 0 radical (unpaired) electrons. The Morgan fingerprint density at radius 1 is 1.58 bits per heavy atom. The minimum absolute atomic E-state index is 0.0446. The van der Waals surface area contributed by atoms with Gasteiger partial charge in [-0.15, -0.1) is 0 Å². The molecule has 19 heavy (non-hydrogen) atoms. The van der Waals surface area contributed by atoms with Crippen molar-refractivity contribution in [3.63, 3.8) is 0 Å². The van der Waals surface area contributed by atoms with Crippen molar-refractivity contribution < 1.29 is 18.3 Å². The third-order valence-corrected chi connectivity index (χ3v) is 4.03. The standard InChI is InChI=1S/C11H11ClN2O4S/c1-7(5-13)6-14-19(17,18)8-2-3-10(12)9(4-8)11(15)16/h2-4,7,14H,6H2,1H3,(H,15,16). The summed E-state index contributed by atoms with van der Waals surface area (Å²) < 4.78 is 26.0. The zero-order valence-corrected chi connectivity index (χ0v) is 11.5. The van der Waals surface area contributed by atoms with Gasteiger partial charge in [0.15, 0.2) is 0 Å². The molecule has 102 valence electrons. The molecule has 1 atom stereocenters. The number of hydrogen-bond donors (Lipinski definition) is 2. The summed E-state index contributed by atoms with van der Waals surface area (Å²) in [7, 11) is -3.86. The molecule has 0 aliphatic carbocycles. The molecule has 0 aliphatic heterocycles. The molecule has 1 aromatic carbocycles. The summed E-state index contributed by atoms with van der Waals surface area (Å²) in [5, 5.41) is 17.4. The molecule has 0 fully saturated rings. The first-order valence-corrected chi connectivity index (χ1v) is 7.06. The molecule has 0 saturated heterocycles. The zero-order valence-electron chi connectivity index (χ0n) is 9.92. The maximum absolute atomic E-state index is 11.9. The van der Waals surface area contributed by atoms with Crippen LogP contribution in [-0.4, -0.2) is 26.0 Å². The quantitative estimate of drug-likeness (QED) is 0.856. The monoisotopic (exact) mass is 302 g/mol. The highest BCUT2D eigenvalue weighted by Crippen LogP contribution is 2.20. The summed E-state index contributed by atoms with van der Waals surface area (Å²) in [4.78, 5) is 10.7. The van der Waals surface area contributed by atoms with Crippen LogP contribution in [0, 0.1) is 17.2 Å². The highest BCUT2D eigenvalue weighted by molar-refractivity contribution is 7.89. The van der Waals surface area contributed by atoms with E-state index in [9.17, 15) is 13.2 Å². The fraction of sp³-hybridized carbons (Fsp3) is 0.273. The molecular formula is C11H11ClN2O4S. The summed E-state index contributed by atoms with van der Waals surface area (Å²) in [6.45, 7) is 1.51. The van der Waals surface area contributed by atoms with E-state index in [4.69, 9.17) is 22.0 Å². The van der Waals surface area contributed by atoms with Gasteiger partial charge >= 0.3 is 5.97 Å².